The number of hydrogen-bond donors (Lipinski definition) is 2. The molecule has 0 radical (unpaired) electrons. The fourth-order valence-electron chi connectivity index (χ4n) is 2.77. The van der Waals surface area contributed by atoms with E-state index in [9.17, 15) is 17.6 Å². The van der Waals surface area contributed by atoms with Crippen LogP contribution in [-0.4, -0.2) is 32.3 Å². The quantitative estimate of drug-likeness (QED) is 0.493. The van der Waals surface area contributed by atoms with E-state index in [0.29, 0.717) is 12.5 Å². The van der Waals surface area contributed by atoms with Crippen LogP contribution in [-0.2, 0) is 5.41 Å². The Morgan fingerprint density at radius 3 is 2.30 bits per heavy atom. The number of guanidine groups is 1. The van der Waals surface area contributed by atoms with Crippen LogP contribution >= 0.6 is 0 Å². The summed E-state index contributed by atoms with van der Waals surface area (Å²) in [7, 11) is 1.52. The lowest BCUT2D eigenvalue weighted by Gasteiger charge is -2.43. The van der Waals surface area contributed by atoms with E-state index in [-0.39, 0.29) is 17.8 Å². The van der Waals surface area contributed by atoms with Crippen molar-refractivity contribution < 1.29 is 17.6 Å². The summed E-state index contributed by atoms with van der Waals surface area (Å²) in [6.45, 7) is 0.344. The molecule has 23 heavy (non-hydrogen) atoms. The van der Waals surface area contributed by atoms with Gasteiger partial charge in [0.05, 0.1) is 6.42 Å². The number of alkyl halides is 3. The van der Waals surface area contributed by atoms with Gasteiger partial charge in [-0.3, -0.25) is 4.99 Å². The summed E-state index contributed by atoms with van der Waals surface area (Å²) in [5, 5.41) is 5.76. The van der Waals surface area contributed by atoms with E-state index in [2.05, 4.69) is 15.6 Å². The van der Waals surface area contributed by atoms with Crippen molar-refractivity contribution in [1.29, 1.82) is 0 Å². The molecule has 128 valence electrons. The lowest BCUT2D eigenvalue weighted by Crippen LogP contribution is -2.49. The summed E-state index contributed by atoms with van der Waals surface area (Å²) in [4.78, 5) is 3.94. The van der Waals surface area contributed by atoms with Crippen molar-refractivity contribution >= 4 is 5.96 Å². The van der Waals surface area contributed by atoms with E-state index in [4.69, 9.17) is 0 Å². The third-order valence-electron chi connectivity index (χ3n) is 4.29. The lowest BCUT2D eigenvalue weighted by molar-refractivity contribution is -0.132. The summed E-state index contributed by atoms with van der Waals surface area (Å²) >= 11 is 0. The molecule has 0 aromatic heterocycles. The van der Waals surface area contributed by atoms with Gasteiger partial charge in [0.15, 0.2) is 5.96 Å². The number of benzene rings is 1. The first-order chi connectivity index (χ1) is 10.8. The molecule has 2 rings (SSSR count). The van der Waals surface area contributed by atoms with Crippen molar-refractivity contribution in [2.45, 2.75) is 37.3 Å². The molecule has 1 aromatic rings. The molecule has 0 saturated heterocycles. The minimum atomic E-state index is -4.19. The number of rotatable bonds is 5. The van der Waals surface area contributed by atoms with Gasteiger partial charge in [-0.1, -0.05) is 18.6 Å². The third kappa shape index (κ3) is 4.84. The van der Waals surface area contributed by atoms with Crippen molar-refractivity contribution in [3.63, 3.8) is 0 Å². The maximum Gasteiger partial charge on any atom is 0.390 e. The maximum atomic E-state index is 13.1. The maximum absolute atomic E-state index is 13.1. The number of nitrogens with one attached hydrogen (secondary N) is 2. The fourth-order valence-corrected chi connectivity index (χ4v) is 2.77. The van der Waals surface area contributed by atoms with Crippen LogP contribution < -0.4 is 10.6 Å². The minimum absolute atomic E-state index is 0.102. The standard InChI is InChI=1S/C16H21F4N3/c1-21-14(22-10-9-16(18,19)20)23-11-15(7-2-8-15)12-3-5-13(17)6-4-12/h3-6H,2,7-11H2,1H3,(H2,21,22,23). The van der Waals surface area contributed by atoms with Gasteiger partial charge in [-0.15, -0.1) is 0 Å². The summed E-state index contributed by atoms with van der Waals surface area (Å²) in [5.74, 6) is 0.0726. The first-order valence-corrected chi connectivity index (χ1v) is 7.62. The van der Waals surface area contributed by atoms with Gasteiger partial charge in [0.25, 0.3) is 0 Å². The van der Waals surface area contributed by atoms with Gasteiger partial charge in [-0.2, -0.15) is 13.2 Å². The van der Waals surface area contributed by atoms with Crippen LogP contribution in [0, 0.1) is 5.82 Å². The molecule has 1 saturated carbocycles. The van der Waals surface area contributed by atoms with Crippen LogP contribution in [0.15, 0.2) is 29.3 Å². The summed E-state index contributed by atoms with van der Waals surface area (Å²) in [6.07, 6.45) is -2.08. The normalized spacial score (nSPS) is 17.5. The highest BCUT2D eigenvalue weighted by molar-refractivity contribution is 5.79. The minimum Gasteiger partial charge on any atom is -0.356 e. The molecule has 0 bridgehead atoms. The Bertz CT molecular complexity index is 533. The highest BCUT2D eigenvalue weighted by atomic mass is 19.4. The molecule has 1 aromatic carbocycles. The van der Waals surface area contributed by atoms with Gasteiger partial charge in [0.1, 0.15) is 5.82 Å². The summed E-state index contributed by atoms with van der Waals surface area (Å²) in [6, 6.07) is 6.42. The van der Waals surface area contributed by atoms with Gasteiger partial charge in [-0.05, 0) is 30.5 Å². The van der Waals surface area contributed by atoms with Gasteiger partial charge in [0, 0.05) is 25.6 Å². The molecule has 1 aliphatic carbocycles. The topological polar surface area (TPSA) is 36.4 Å². The monoisotopic (exact) mass is 331 g/mol. The first kappa shape index (κ1) is 17.6. The number of hydrogen-bond acceptors (Lipinski definition) is 1. The van der Waals surface area contributed by atoms with E-state index in [0.717, 1.165) is 24.8 Å². The predicted octanol–water partition coefficient (Wildman–Crippen LogP) is 3.36. The molecular weight excluding hydrogens is 310 g/mol. The molecule has 2 N–H and O–H groups in total. The van der Waals surface area contributed by atoms with Crippen molar-refractivity contribution in [2.24, 2.45) is 4.99 Å². The molecule has 3 nitrogen and oxygen atoms in total. The second kappa shape index (κ2) is 7.19. The molecule has 0 atom stereocenters. The van der Waals surface area contributed by atoms with E-state index >= 15 is 0 Å². The molecule has 0 amide bonds. The first-order valence-electron chi connectivity index (χ1n) is 7.62. The Morgan fingerprint density at radius 2 is 1.83 bits per heavy atom. The van der Waals surface area contributed by atoms with Crippen LogP contribution in [0.1, 0.15) is 31.2 Å². The van der Waals surface area contributed by atoms with E-state index in [1.807, 2.05) is 0 Å². The second-order valence-corrected chi connectivity index (χ2v) is 5.86. The Labute approximate surface area is 133 Å². The zero-order valence-electron chi connectivity index (χ0n) is 13.0. The number of halogens is 4. The number of nitrogens with zero attached hydrogens (tertiary/aromatic N) is 1. The molecule has 1 fully saturated rings. The third-order valence-corrected chi connectivity index (χ3v) is 4.29. The summed E-state index contributed by atoms with van der Waals surface area (Å²) in [5.41, 5.74) is 0.943. The van der Waals surface area contributed by atoms with E-state index in [1.165, 1.54) is 19.2 Å². The highest BCUT2D eigenvalue weighted by Crippen LogP contribution is 2.43. The predicted molar refractivity (Wildman–Crippen MR) is 82.0 cm³/mol. The Hall–Kier alpha value is -1.79. The van der Waals surface area contributed by atoms with Crippen LogP contribution in [0.4, 0.5) is 17.6 Å². The van der Waals surface area contributed by atoms with Crippen molar-refractivity contribution in [3.8, 4) is 0 Å². The number of aliphatic imine (C=N–C) groups is 1. The van der Waals surface area contributed by atoms with Crippen LogP contribution in [0.25, 0.3) is 0 Å². The van der Waals surface area contributed by atoms with Gasteiger partial charge in [-0.25, -0.2) is 4.39 Å². The summed E-state index contributed by atoms with van der Waals surface area (Å²) < 4.78 is 49.6. The Balaban J connectivity index is 1.90. The lowest BCUT2D eigenvalue weighted by atomic mass is 9.64. The van der Waals surface area contributed by atoms with Crippen molar-refractivity contribution in [2.75, 3.05) is 20.1 Å². The highest BCUT2D eigenvalue weighted by Gasteiger charge is 2.38. The Kier molecular flexibility index (Phi) is 5.49. The Morgan fingerprint density at radius 1 is 1.17 bits per heavy atom. The van der Waals surface area contributed by atoms with Crippen molar-refractivity contribution in [3.05, 3.63) is 35.6 Å². The van der Waals surface area contributed by atoms with E-state index in [1.54, 1.807) is 12.1 Å². The van der Waals surface area contributed by atoms with Crippen LogP contribution in [0.5, 0.6) is 0 Å². The van der Waals surface area contributed by atoms with Crippen molar-refractivity contribution in [1.82, 2.24) is 10.6 Å². The van der Waals surface area contributed by atoms with Gasteiger partial charge < -0.3 is 10.6 Å². The smallest absolute Gasteiger partial charge is 0.356 e. The van der Waals surface area contributed by atoms with Crippen LogP contribution in [0.3, 0.4) is 0 Å². The zero-order valence-corrected chi connectivity index (χ0v) is 13.0. The molecule has 0 unspecified atom stereocenters. The van der Waals surface area contributed by atoms with E-state index < -0.39 is 12.6 Å². The van der Waals surface area contributed by atoms with Gasteiger partial charge >= 0.3 is 6.18 Å². The molecule has 1 aliphatic rings. The SMILES string of the molecule is CN=C(NCCC(F)(F)F)NCC1(c2ccc(F)cc2)CCC1. The molecule has 7 heteroatoms. The second-order valence-electron chi connectivity index (χ2n) is 5.86. The fraction of sp³-hybridized carbons (Fsp3) is 0.562. The average molecular weight is 331 g/mol. The molecular formula is C16H21F4N3. The van der Waals surface area contributed by atoms with Crippen LogP contribution in [0.2, 0.25) is 0 Å². The molecule has 0 spiro atoms. The molecule has 0 heterocycles. The largest absolute Gasteiger partial charge is 0.390 e. The average Bonchev–Trinajstić information content (AvgIpc) is 2.44. The van der Waals surface area contributed by atoms with Gasteiger partial charge in [0.2, 0.25) is 0 Å². The zero-order chi connectivity index (χ0) is 16.9. The molecule has 0 aliphatic heterocycles.